The van der Waals surface area contributed by atoms with Crippen LogP contribution in [-0.2, 0) is 5.54 Å². The van der Waals surface area contributed by atoms with E-state index in [2.05, 4.69) is 52.8 Å². The topological polar surface area (TPSA) is 26.0 Å². The van der Waals surface area contributed by atoms with Crippen molar-refractivity contribution in [2.75, 3.05) is 0 Å². The molecule has 0 saturated heterocycles. The molecule has 2 unspecified atom stereocenters. The molecule has 2 atom stereocenters. The van der Waals surface area contributed by atoms with E-state index < -0.39 is 0 Å². The summed E-state index contributed by atoms with van der Waals surface area (Å²) >= 11 is 0. The highest BCUT2D eigenvalue weighted by molar-refractivity contribution is 5.35. The summed E-state index contributed by atoms with van der Waals surface area (Å²) in [6, 6.07) is 6.58. The lowest BCUT2D eigenvalue weighted by atomic mass is 9.80. The van der Waals surface area contributed by atoms with Gasteiger partial charge in [0.05, 0.1) is 0 Å². The fourth-order valence-electron chi connectivity index (χ4n) is 2.78. The predicted molar refractivity (Wildman–Crippen MR) is 76.1 cm³/mol. The number of nitrogens with two attached hydrogens (primary N) is 1. The molecule has 0 spiro atoms. The molecule has 0 aliphatic carbocycles. The summed E-state index contributed by atoms with van der Waals surface area (Å²) in [6.07, 6.45) is 3.56. The van der Waals surface area contributed by atoms with Gasteiger partial charge < -0.3 is 5.73 Å². The van der Waals surface area contributed by atoms with Gasteiger partial charge in [-0.05, 0) is 44.2 Å². The number of hydrogen-bond donors (Lipinski definition) is 1. The van der Waals surface area contributed by atoms with E-state index in [-0.39, 0.29) is 5.54 Å². The monoisotopic (exact) mass is 233 g/mol. The van der Waals surface area contributed by atoms with E-state index in [0.717, 1.165) is 6.42 Å². The van der Waals surface area contributed by atoms with Crippen LogP contribution in [-0.4, -0.2) is 0 Å². The van der Waals surface area contributed by atoms with Crippen LogP contribution in [0.4, 0.5) is 0 Å². The van der Waals surface area contributed by atoms with Gasteiger partial charge in [-0.15, -0.1) is 0 Å². The van der Waals surface area contributed by atoms with Crippen LogP contribution in [0, 0.1) is 19.8 Å². The maximum atomic E-state index is 6.54. The molecular weight excluding hydrogens is 206 g/mol. The second kappa shape index (κ2) is 5.68. The maximum Gasteiger partial charge on any atom is 0.0386 e. The Morgan fingerprint density at radius 2 is 1.94 bits per heavy atom. The van der Waals surface area contributed by atoms with E-state index in [0.29, 0.717) is 5.92 Å². The molecule has 1 rings (SSSR count). The molecule has 0 aromatic heterocycles. The minimum Gasteiger partial charge on any atom is -0.322 e. The Kier molecular flexibility index (Phi) is 4.76. The fraction of sp³-hybridized carbons (Fsp3) is 0.625. The first-order chi connectivity index (χ1) is 7.86. The molecule has 2 N–H and O–H groups in total. The molecule has 96 valence electrons. The molecule has 0 heterocycles. The highest BCUT2D eigenvalue weighted by Crippen LogP contribution is 2.30. The number of rotatable bonds is 5. The maximum absolute atomic E-state index is 6.54. The van der Waals surface area contributed by atoms with Crippen molar-refractivity contribution < 1.29 is 0 Å². The van der Waals surface area contributed by atoms with Crippen LogP contribution in [0.5, 0.6) is 0 Å². The summed E-state index contributed by atoms with van der Waals surface area (Å²) in [6.45, 7) is 11.0. The molecular formula is C16H27N. The summed E-state index contributed by atoms with van der Waals surface area (Å²) in [4.78, 5) is 0. The molecule has 1 aromatic rings. The summed E-state index contributed by atoms with van der Waals surface area (Å²) in [5, 5.41) is 0. The lowest BCUT2D eigenvalue weighted by Crippen LogP contribution is -2.35. The molecule has 1 heteroatoms. The van der Waals surface area contributed by atoms with Crippen LogP contribution >= 0.6 is 0 Å². The van der Waals surface area contributed by atoms with Gasteiger partial charge >= 0.3 is 0 Å². The molecule has 1 aromatic carbocycles. The first kappa shape index (κ1) is 14.2. The fourth-order valence-corrected chi connectivity index (χ4v) is 2.78. The van der Waals surface area contributed by atoms with Crippen molar-refractivity contribution in [3.63, 3.8) is 0 Å². The van der Waals surface area contributed by atoms with E-state index in [1.54, 1.807) is 0 Å². The van der Waals surface area contributed by atoms with Gasteiger partial charge in [-0.2, -0.15) is 0 Å². The van der Waals surface area contributed by atoms with Crippen molar-refractivity contribution in [3.05, 3.63) is 34.9 Å². The summed E-state index contributed by atoms with van der Waals surface area (Å²) in [5.74, 6) is 0.690. The number of hydrogen-bond acceptors (Lipinski definition) is 1. The van der Waals surface area contributed by atoms with Gasteiger partial charge in [0.25, 0.3) is 0 Å². The third-order valence-corrected chi connectivity index (χ3v) is 3.56. The second-order valence-electron chi connectivity index (χ2n) is 5.83. The van der Waals surface area contributed by atoms with E-state index in [1.807, 2.05) is 0 Å². The number of aryl methyl sites for hydroxylation is 2. The van der Waals surface area contributed by atoms with Crippen LogP contribution in [0.25, 0.3) is 0 Å². The van der Waals surface area contributed by atoms with Gasteiger partial charge in [0.1, 0.15) is 0 Å². The van der Waals surface area contributed by atoms with Crippen molar-refractivity contribution in [1.29, 1.82) is 0 Å². The second-order valence-corrected chi connectivity index (χ2v) is 5.83. The molecule has 0 amide bonds. The first-order valence-corrected chi connectivity index (χ1v) is 6.73. The quantitative estimate of drug-likeness (QED) is 0.806. The minimum atomic E-state index is -0.204. The van der Waals surface area contributed by atoms with E-state index in [1.165, 1.54) is 29.5 Å². The zero-order valence-corrected chi connectivity index (χ0v) is 12.0. The molecule has 0 radical (unpaired) electrons. The largest absolute Gasteiger partial charge is 0.322 e. The van der Waals surface area contributed by atoms with Crippen molar-refractivity contribution in [2.45, 2.75) is 59.4 Å². The average Bonchev–Trinajstić information content (AvgIpc) is 2.21. The molecule has 0 bridgehead atoms. The predicted octanol–water partition coefficient (Wildman–Crippen LogP) is 4.30. The van der Waals surface area contributed by atoms with Gasteiger partial charge in [0.2, 0.25) is 0 Å². The van der Waals surface area contributed by atoms with Crippen molar-refractivity contribution in [2.24, 2.45) is 11.7 Å². The van der Waals surface area contributed by atoms with Crippen molar-refractivity contribution in [1.82, 2.24) is 0 Å². The highest BCUT2D eigenvalue weighted by atomic mass is 14.7. The smallest absolute Gasteiger partial charge is 0.0386 e. The minimum absolute atomic E-state index is 0.204. The Hall–Kier alpha value is -0.820. The molecule has 0 aliphatic heterocycles. The van der Waals surface area contributed by atoms with Crippen LogP contribution in [0.15, 0.2) is 18.2 Å². The lowest BCUT2D eigenvalue weighted by molar-refractivity contribution is 0.345. The van der Waals surface area contributed by atoms with Gasteiger partial charge in [0.15, 0.2) is 0 Å². The van der Waals surface area contributed by atoms with E-state index in [4.69, 9.17) is 5.73 Å². The molecule has 0 fully saturated rings. The Morgan fingerprint density at radius 3 is 2.53 bits per heavy atom. The van der Waals surface area contributed by atoms with Gasteiger partial charge in [-0.3, -0.25) is 0 Å². The Bertz CT molecular complexity index is 366. The Labute approximate surface area is 106 Å². The van der Waals surface area contributed by atoms with Crippen LogP contribution in [0.1, 0.15) is 56.7 Å². The normalized spacial score (nSPS) is 16.6. The van der Waals surface area contributed by atoms with Crippen LogP contribution < -0.4 is 5.73 Å². The number of benzene rings is 1. The van der Waals surface area contributed by atoms with Crippen LogP contribution in [0.3, 0.4) is 0 Å². The Morgan fingerprint density at radius 1 is 1.29 bits per heavy atom. The molecule has 1 nitrogen and oxygen atoms in total. The third-order valence-electron chi connectivity index (χ3n) is 3.56. The zero-order valence-electron chi connectivity index (χ0n) is 12.0. The van der Waals surface area contributed by atoms with Crippen LogP contribution in [0.2, 0.25) is 0 Å². The Balaban J connectivity index is 2.91. The average molecular weight is 233 g/mol. The van der Waals surface area contributed by atoms with Gasteiger partial charge in [0, 0.05) is 5.54 Å². The van der Waals surface area contributed by atoms with E-state index in [9.17, 15) is 0 Å². The summed E-state index contributed by atoms with van der Waals surface area (Å²) in [5.41, 5.74) is 10.2. The SMILES string of the molecule is CCCC(C)CC(C)(N)c1cc(C)ccc1C. The molecule has 17 heavy (non-hydrogen) atoms. The van der Waals surface area contributed by atoms with Crippen molar-refractivity contribution >= 4 is 0 Å². The summed E-state index contributed by atoms with van der Waals surface area (Å²) < 4.78 is 0. The van der Waals surface area contributed by atoms with Gasteiger partial charge in [-0.25, -0.2) is 0 Å². The third kappa shape index (κ3) is 3.85. The lowest BCUT2D eigenvalue weighted by Gasteiger charge is -2.30. The first-order valence-electron chi connectivity index (χ1n) is 6.73. The highest BCUT2D eigenvalue weighted by Gasteiger charge is 2.25. The van der Waals surface area contributed by atoms with Crippen molar-refractivity contribution in [3.8, 4) is 0 Å². The molecule has 0 saturated carbocycles. The van der Waals surface area contributed by atoms with E-state index >= 15 is 0 Å². The molecule has 0 aliphatic rings. The zero-order chi connectivity index (χ0) is 13.1. The van der Waals surface area contributed by atoms with Gasteiger partial charge in [-0.1, -0.05) is 50.5 Å². The summed E-state index contributed by atoms with van der Waals surface area (Å²) in [7, 11) is 0. The standard InChI is InChI=1S/C16H27N/c1-6-7-13(3)11-16(5,17)15-10-12(2)8-9-14(15)4/h8-10,13H,6-7,11,17H2,1-5H3.